The van der Waals surface area contributed by atoms with Gasteiger partial charge < -0.3 is 16.4 Å². The first-order valence-corrected chi connectivity index (χ1v) is 6.32. The highest BCUT2D eigenvalue weighted by molar-refractivity contribution is 5.86. The first-order chi connectivity index (χ1) is 8.89. The first kappa shape index (κ1) is 15.0. The van der Waals surface area contributed by atoms with Crippen LogP contribution in [0, 0.1) is 0 Å². The van der Waals surface area contributed by atoms with Gasteiger partial charge in [0.05, 0.1) is 5.54 Å². The smallest absolute Gasteiger partial charge is 0.312 e. The van der Waals surface area contributed by atoms with Crippen LogP contribution in [0.1, 0.15) is 32.8 Å². The van der Waals surface area contributed by atoms with Gasteiger partial charge in [0.2, 0.25) is 5.91 Å². The van der Waals surface area contributed by atoms with Crippen LogP contribution in [0.2, 0.25) is 0 Å². The highest BCUT2D eigenvalue weighted by atomic mass is 16.2. The molecular weight excluding hydrogens is 242 g/mol. The van der Waals surface area contributed by atoms with Gasteiger partial charge in [-0.1, -0.05) is 37.3 Å². The van der Waals surface area contributed by atoms with E-state index in [2.05, 4.69) is 10.6 Å². The Morgan fingerprint density at radius 3 is 2.37 bits per heavy atom. The molecule has 5 heteroatoms. The Kier molecular flexibility index (Phi) is 4.92. The van der Waals surface area contributed by atoms with Crippen LogP contribution in [0.4, 0.5) is 4.79 Å². The van der Waals surface area contributed by atoms with Gasteiger partial charge in [0.15, 0.2) is 0 Å². The molecule has 0 unspecified atom stereocenters. The lowest BCUT2D eigenvalue weighted by Gasteiger charge is -2.31. The highest BCUT2D eigenvalue weighted by Gasteiger charge is 2.28. The summed E-state index contributed by atoms with van der Waals surface area (Å²) in [6, 6.07) is 8.36. The number of hydrogen-bond acceptors (Lipinski definition) is 2. The molecule has 0 spiro atoms. The molecule has 3 amide bonds. The molecule has 0 saturated carbocycles. The van der Waals surface area contributed by atoms with Crippen molar-refractivity contribution in [3.05, 3.63) is 35.9 Å². The van der Waals surface area contributed by atoms with E-state index in [1.807, 2.05) is 44.2 Å². The molecule has 0 aromatic heterocycles. The number of amides is 3. The van der Waals surface area contributed by atoms with E-state index in [1.165, 1.54) is 0 Å². The largest absolute Gasteiger partial charge is 0.352 e. The van der Waals surface area contributed by atoms with E-state index in [1.54, 1.807) is 6.92 Å². The SMILES string of the molecule is CC[C@@](C)(NC(=O)[C@H](C)NC(N)=O)c1ccccc1. The normalized spacial score (nSPS) is 15.1. The fourth-order valence-electron chi connectivity index (χ4n) is 1.83. The number of rotatable bonds is 5. The third-order valence-corrected chi connectivity index (χ3v) is 3.27. The van der Waals surface area contributed by atoms with Crippen molar-refractivity contribution in [3.8, 4) is 0 Å². The third-order valence-electron chi connectivity index (χ3n) is 3.27. The molecule has 1 rings (SSSR count). The second kappa shape index (κ2) is 6.22. The van der Waals surface area contributed by atoms with Gasteiger partial charge in [-0.2, -0.15) is 0 Å². The third kappa shape index (κ3) is 3.98. The molecule has 1 aromatic rings. The van der Waals surface area contributed by atoms with Crippen molar-refractivity contribution in [2.24, 2.45) is 5.73 Å². The van der Waals surface area contributed by atoms with Gasteiger partial charge in [-0.3, -0.25) is 4.79 Å². The Bertz CT molecular complexity index is 447. The second-order valence-electron chi connectivity index (χ2n) is 4.77. The van der Waals surface area contributed by atoms with E-state index in [0.717, 1.165) is 12.0 Å². The van der Waals surface area contributed by atoms with Crippen LogP contribution in [-0.2, 0) is 10.3 Å². The zero-order chi connectivity index (χ0) is 14.5. The summed E-state index contributed by atoms with van der Waals surface area (Å²) in [5.41, 5.74) is 5.57. The maximum absolute atomic E-state index is 12.0. The summed E-state index contributed by atoms with van der Waals surface area (Å²) in [4.78, 5) is 22.8. The molecule has 2 atom stereocenters. The Balaban J connectivity index is 2.82. The number of urea groups is 1. The number of benzene rings is 1. The van der Waals surface area contributed by atoms with Crippen LogP contribution in [0.5, 0.6) is 0 Å². The Hall–Kier alpha value is -2.04. The van der Waals surface area contributed by atoms with Crippen LogP contribution in [-0.4, -0.2) is 18.0 Å². The van der Waals surface area contributed by atoms with Gasteiger partial charge in [-0.15, -0.1) is 0 Å². The summed E-state index contributed by atoms with van der Waals surface area (Å²) in [5.74, 6) is -0.257. The van der Waals surface area contributed by atoms with E-state index in [0.29, 0.717) is 0 Å². The molecule has 0 aliphatic carbocycles. The standard InChI is InChI=1S/C14H21N3O2/c1-4-14(3,11-8-6-5-7-9-11)17-12(18)10(2)16-13(15)19/h5-10H,4H2,1-3H3,(H,17,18)(H3,15,16,19)/t10-,14+/m0/s1. The van der Waals surface area contributed by atoms with Crippen molar-refractivity contribution < 1.29 is 9.59 Å². The minimum Gasteiger partial charge on any atom is -0.352 e. The number of nitrogens with one attached hydrogen (secondary N) is 2. The minimum atomic E-state index is -0.708. The van der Waals surface area contributed by atoms with Gasteiger partial charge >= 0.3 is 6.03 Å². The number of carbonyl (C=O) groups is 2. The van der Waals surface area contributed by atoms with Crippen LogP contribution in [0.15, 0.2) is 30.3 Å². The van der Waals surface area contributed by atoms with Gasteiger partial charge in [0.1, 0.15) is 6.04 Å². The Labute approximate surface area is 113 Å². The molecule has 1 aromatic carbocycles. The number of nitrogens with two attached hydrogens (primary N) is 1. The Morgan fingerprint density at radius 2 is 1.89 bits per heavy atom. The van der Waals surface area contributed by atoms with Crippen molar-refractivity contribution in [2.45, 2.75) is 38.8 Å². The lowest BCUT2D eigenvalue weighted by molar-refractivity contribution is -0.124. The van der Waals surface area contributed by atoms with Gasteiger partial charge in [-0.25, -0.2) is 4.79 Å². The van der Waals surface area contributed by atoms with E-state index in [-0.39, 0.29) is 5.91 Å². The van der Waals surface area contributed by atoms with E-state index < -0.39 is 17.6 Å². The minimum absolute atomic E-state index is 0.257. The van der Waals surface area contributed by atoms with Crippen LogP contribution < -0.4 is 16.4 Å². The first-order valence-electron chi connectivity index (χ1n) is 6.32. The van der Waals surface area contributed by atoms with Gasteiger partial charge in [0.25, 0.3) is 0 Å². The summed E-state index contributed by atoms with van der Waals surface area (Å²) in [6.07, 6.45) is 0.742. The van der Waals surface area contributed by atoms with E-state index in [4.69, 9.17) is 5.73 Å². The predicted molar refractivity (Wildman–Crippen MR) is 74.4 cm³/mol. The van der Waals surface area contributed by atoms with Crippen molar-refractivity contribution >= 4 is 11.9 Å². The monoisotopic (exact) mass is 263 g/mol. The summed E-state index contributed by atoms with van der Waals surface area (Å²) in [6.45, 7) is 5.55. The molecule has 19 heavy (non-hydrogen) atoms. The molecule has 0 aliphatic rings. The van der Waals surface area contributed by atoms with Crippen molar-refractivity contribution in [1.29, 1.82) is 0 Å². The molecule has 4 N–H and O–H groups in total. The van der Waals surface area contributed by atoms with Crippen LogP contribution in [0.25, 0.3) is 0 Å². The molecule has 0 bridgehead atoms. The zero-order valence-electron chi connectivity index (χ0n) is 11.6. The maximum atomic E-state index is 12.0. The molecule has 5 nitrogen and oxygen atoms in total. The van der Waals surface area contributed by atoms with Gasteiger partial charge in [0, 0.05) is 0 Å². The summed E-state index contributed by atoms with van der Waals surface area (Å²) in [5, 5.41) is 5.32. The lowest BCUT2D eigenvalue weighted by Crippen LogP contribution is -2.52. The van der Waals surface area contributed by atoms with Crippen molar-refractivity contribution in [3.63, 3.8) is 0 Å². The summed E-state index contributed by atoms with van der Waals surface area (Å²) >= 11 is 0. The van der Waals surface area contributed by atoms with E-state index >= 15 is 0 Å². The number of carbonyl (C=O) groups excluding carboxylic acids is 2. The topological polar surface area (TPSA) is 84.2 Å². The molecule has 0 aliphatic heterocycles. The average molecular weight is 263 g/mol. The van der Waals surface area contributed by atoms with Crippen LogP contribution in [0.3, 0.4) is 0 Å². The summed E-state index contributed by atoms with van der Waals surface area (Å²) in [7, 11) is 0. The molecular formula is C14H21N3O2. The fraction of sp³-hybridized carbons (Fsp3) is 0.429. The second-order valence-corrected chi connectivity index (χ2v) is 4.77. The van der Waals surface area contributed by atoms with Crippen LogP contribution >= 0.6 is 0 Å². The molecule has 0 heterocycles. The Morgan fingerprint density at radius 1 is 1.32 bits per heavy atom. The lowest BCUT2D eigenvalue weighted by atomic mass is 9.89. The average Bonchev–Trinajstić information content (AvgIpc) is 2.38. The van der Waals surface area contributed by atoms with Gasteiger partial charge in [-0.05, 0) is 25.8 Å². The van der Waals surface area contributed by atoms with E-state index in [9.17, 15) is 9.59 Å². The maximum Gasteiger partial charge on any atom is 0.312 e. The van der Waals surface area contributed by atoms with Crippen molar-refractivity contribution in [2.75, 3.05) is 0 Å². The number of hydrogen-bond donors (Lipinski definition) is 3. The molecule has 0 fully saturated rings. The quantitative estimate of drug-likeness (QED) is 0.752. The summed E-state index contributed by atoms with van der Waals surface area (Å²) < 4.78 is 0. The van der Waals surface area contributed by atoms with Crippen molar-refractivity contribution in [1.82, 2.24) is 10.6 Å². The number of primary amides is 1. The molecule has 0 saturated heterocycles. The predicted octanol–water partition coefficient (Wildman–Crippen LogP) is 1.48. The highest BCUT2D eigenvalue weighted by Crippen LogP contribution is 2.24. The molecule has 104 valence electrons. The fourth-order valence-corrected chi connectivity index (χ4v) is 1.83. The molecule has 0 radical (unpaired) electrons. The zero-order valence-corrected chi connectivity index (χ0v) is 11.6.